The molecular weight excluding hydrogens is 344 g/mol. The number of fused-ring (bicyclic) bond motifs is 1. The molecule has 25 heavy (non-hydrogen) atoms. The molecule has 1 atom stereocenters. The van der Waals surface area contributed by atoms with Gasteiger partial charge in [0.05, 0.1) is 26.9 Å². The van der Waals surface area contributed by atoms with Gasteiger partial charge in [-0.05, 0) is 31.2 Å². The second kappa shape index (κ2) is 6.17. The summed E-state index contributed by atoms with van der Waals surface area (Å²) in [5, 5.41) is 14.3. The number of benzene rings is 2. The molecule has 0 unspecified atom stereocenters. The van der Waals surface area contributed by atoms with Crippen LogP contribution >= 0.6 is 0 Å². The molecule has 2 aromatic carbocycles. The molecule has 0 spiro atoms. The highest BCUT2D eigenvalue weighted by Crippen LogP contribution is 2.30. The number of anilines is 1. The van der Waals surface area contributed by atoms with Gasteiger partial charge in [-0.3, -0.25) is 10.1 Å². The molecule has 0 saturated carbocycles. The van der Waals surface area contributed by atoms with Crippen molar-refractivity contribution in [3.8, 4) is 0 Å². The highest BCUT2D eigenvalue weighted by atomic mass is 32.2. The third-order valence-corrected chi connectivity index (χ3v) is 4.89. The molecule has 1 aromatic heterocycles. The summed E-state index contributed by atoms with van der Waals surface area (Å²) in [6.07, 6.45) is 1.01. The molecule has 0 amide bonds. The zero-order chi connectivity index (χ0) is 18.2. The van der Waals surface area contributed by atoms with Gasteiger partial charge in [0.2, 0.25) is 0 Å². The molecule has 130 valence electrons. The fourth-order valence-corrected chi connectivity index (χ4v) is 3.14. The van der Waals surface area contributed by atoms with E-state index < -0.39 is 14.8 Å². The first-order valence-electron chi connectivity index (χ1n) is 7.45. The van der Waals surface area contributed by atoms with Gasteiger partial charge in [-0.15, -0.1) is 0 Å². The summed E-state index contributed by atoms with van der Waals surface area (Å²) in [5.41, 5.74) is 1.59. The van der Waals surface area contributed by atoms with Crippen LogP contribution in [0.4, 0.5) is 11.4 Å². The molecule has 0 bridgehead atoms. The zero-order valence-electron chi connectivity index (χ0n) is 13.6. The van der Waals surface area contributed by atoms with Gasteiger partial charge in [-0.2, -0.15) is 0 Å². The van der Waals surface area contributed by atoms with E-state index in [9.17, 15) is 18.5 Å². The van der Waals surface area contributed by atoms with E-state index in [1.165, 1.54) is 12.1 Å². The fourth-order valence-electron chi connectivity index (χ4n) is 2.49. The van der Waals surface area contributed by atoms with Crippen LogP contribution in [-0.2, 0) is 9.84 Å². The molecule has 1 heterocycles. The number of hydrogen-bond acceptors (Lipinski definition) is 6. The van der Waals surface area contributed by atoms with Gasteiger partial charge < -0.3 is 10.3 Å². The Morgan fingerprint density at radius 1 is 1.24 bits per heavy atom. The van der Waals surface area contributed by atoms with Crippen molar-refractivity contribution in [3.63, 3.8) is 0 Å². The number of nitro groups is 1. The van der Waals surface area contributed by atoms with Crippen LogP contribution < -0.4 is 5.32 Å². The lowest BCUT2D eigenvalue weighted by molar-refractivity contribution is -0.384. The summed E-state index contributed by atoms with van der Waals surface area (Å²) in [7, 11) is -3.52. The average Bonchev–Trinajstić information content (AvgIpc) is 2.98. The first kappa shape index (κ1) is 16.9. The highest BCUT2D eigenvalue weighted by Gasteiger charge is 2.21. The van der Waals surface area contributed by atoms with Crippen molar-refractivity contribution in [1.29, 1.82) is 0 Å². The van der Waals surface area contributed by atoms with Crippen molar-refractivity contribution in [2.45, 2.75) is 17.9 Å². The minimum Gasteiger partial charge on any atom is -0.370 e. The van der Waals surface area contributed by atoms with Crippen LogP contribution in [0.25, 0.3) is 11.0 Å². The number of rotatable bonds is 5. The maximum absolute atomic E-state index is 11.6. The van der Waals surface area contributed by atoms with Gasteiger partial charge >= 0.3 is 0 Å². The van der Waals surface area contributed by atoms with Crippen LogP contribution in [0, 0.1) is 10.1 Å². The number of hydrogen-bond donors (Lipinski definition) is 2. The Morgan fingerprint density at radius 3 is 2.60 bits per heavy atom. The minimum atomic E-state index is -3.52. The van der Waals surface area contributed by atoms with Gasteiger partial charge in [-0.1, -0.05) is 12.1 Å². The molecule has 3 rings (SSSR count). The summed E-state index contributed by atoms with van der Waals surface area (Å²) in [5.74, 6) is 0.627. The van der Waals surface area contributed by atoms with E-state index in [1.54, 1.807) is 0 Å². The summed E-state index contributed by atoms with van der Waals surface area (Å²) in [6.45, 7) is 1.81. The largest absolute Gasteiger partial charge is 0.370 e. The fraction of sp³-hybridized carbons (Fsp3) is 0.188. The second-order valence-electron chi connectivity index (χ2n) is 5.71. The Hall–Kier alpha value is -2.94. The van der Waals surface area contributed by atoms with Crippen LogP contribution in [0.5, 0.6) is 0 Å². The molecule has 2 N–H and O–H groups in total. The highest BCUT2D eigenvalue weighted by molar-refractivity contribution is 7.90. The number of para-hydroxylation sites is 2. The third-order valence-electron chi connectivity index (χ3n) is 3.78. The summed E-state index contributed by atoms with van der Waals surface area (Å²) in [4.78, 5) is 18.2. The smallest absolute Gasteiger partial charge is 0.293 e. The first-order valence-corrected chi connectivity index (χ1v) is 9.34. The second-order valence-corrected chi connectivity index (χ2v) is 7.73. The Labute approximate surface area is 144 Å². The summed E-state index contributed by atoms with van der Waals surface area (Å²) < 4.78 is 23.2. The molecule has 0 aliphatic heterocycles. The molecular formula is C16H16N4O4S. The van der Waals surface area contributed by atoms with Crippen molar-refractivity contribution in [2.24, 2.45) is 0 Å². The van der Waals surface area contributed by atoms with Gasteiger partial charge in [0, 0.05) is 12.3 Å². The van der Waals surface area contributed by atoms with Gasteiger partial charge in [0.15, 0.2) is 9.84 Å². The van der Waals surface area contributed by atoms with Crippen molar-refractivity contribution in [1.82, 2.24) is 9.97 Å². The van der Waals surface area contributed by atoms with Crippen LogP contribution in [-0.4, -0.2) is 29.6 Å². The van der Waals surface area contributed by atoms with E-state index in [4.69, 9.17) is 0 Å². The molecule has 3 aromatic rings. The molecule has 0 saturated heterocycles. The van der Waals surface area contributed by atoms with Crippen molar-refractivity contribution >= 4 is 32.2 Å². The Morgan fingerprint density at radius 2 is 1.96 bits per heavy atom. The zero-order valence-corrected chi connectivity index (χ0v) is 14.4. The number of aromatic nitrogens is 2. The normalized spacial score (nSPS) is 12.9. The van der Waals surface area contributed by atoms with E-state index in [0.717, 1.165) is 23.4 Å². The number of imidazole rings is 1. The predicted octanol–water partition coefficient (Wildman–Crippen LogP) is 3.05. The average molecular weight is 360 g/mol. The number of nitrogens with zero attached hydrogens (tertiary/aromatic N) is 2. The first-order chi connectivity index (χ1) is 11.8. The quantitative estimate of drug-likeness (QED) is 0.533. The van der Waals surface area contributed by atoms with Gasteiger partial charge in [0.25, 0.3) is 5.69 Å². The lowest BCUT2D eigenvalue weighted by atomic mass is 10.2. The van der Waals surface area contributed by atoms with E-state index in [0.29, 0.717) is 5.82 Å². The van der Waals surface area contributed by atoms with Crippen LogP contribution in [0.2, 0.25) is 0 Å². The summed E-state index contributed by atoms with van der Waals surface area (Å²) in [6, 6.07) is 11.0. The number of H-pyrrole nitrogens is 1. The van der Waals surface area contributed by atoms with Gasteiger partial charge in [-0.25, -0.2) is 13.4 Å². The van der Waals surface area contributed by atoms with Gasteiger partial charge in [0.1, 0.15) is 11.5 Å². The van der Waals surface area contributed by atoms with Crippen molar-refractivity contribution in [3.05, 3.63) is 58.4 Å². The lowest BCUT2D eigenvalue weighted by Crippen LogP contribution is -2.10. The number of nitro benzene ring substituents is 1. The summed E-state index contributed by atoms with van der Waals surface area (Å²) >= 11 is 0. The van der Waals surface area contributed by atoms with E-state index in [-0.39, 0.29) is 22.3 Å². The predicted molar refractivity (Wildman–Crippen MR) is 94.3 cm³/mol. The minimum absolute atomic E-state index is 0.0962. The monoisotopic (exact) mass is 360 g/mol. The topological polar surface area (TPSA) is 118 Å². The van der Waals surface area contributed by atoms with Crippen LogP contribution in [0.1, 0.15) is 18.8 Å². The Kier molecular flexibility index (Phi) is 4.17. The maximum atomic E-state index is 11.6. The standard InChI is InChI=1S/C16H16N4O4S/c1-10(16-18-12-5-3-4-6-13(12)19-16)17-14-8-7-11(25(2,23)24)9-15(14)20(21)22/h3-10,17H,1-2H3,(H,18,19)/t10-/m1/s1. The van der Waals surface area contributed by atoms with E-state index >= 15 is 0 Å². The van der Waals surface area contributed by atoms with Crippen LogP contribution in [0.3, 0.4) is 0 Å². The van der Waals surface area contributed by atoms with Crippen molar-refractivity contribution in [2.75, 3.05) is 11.6 Å². The Bertz CT molecular complexity index is 1030. The SMILES string of the molecule is C[C@@H](Nc1ccc(S(C)(=O)=O)cc1[N+](=O)[O-])c1nc2ccccc2[nH]1. The number of aromatic amines is 1. The van der Waals surface area contributed by atoms with E-state index in [1.807, 2.05) is 31.2 Å². The third kappa shape index (κ3) is 3.45. The lowest BCUT2D eigenvalue weighted by Gasteiger charge is -2.13. The Balaban J connectivity index is 1.94. The number of nitrogens with one attached hydrogen (secondary N) is 2. The molecule has 0 radical (unpaired) electrons. The van der Waals surface area contributed by atoms with Crippen molar-refractivity contribution < 1.29 is 13.3 Å². The number of sulfone groups is 1. The van der Waals surface area contributed by atoms with E-state index in [2.05, 4.69) is 15.3 Å². The molecule has 0 fully saturated rings. The molecule has 8 nitrogen and oxygen atoms in total. The maximum Gasteiger partial charge on any atom is 0.293 e. The molecule has 0 aliphatic carbocycles. The molecule has 0 aliphatic rings. The molecule has 9 heteroatoms. The van der Waals surface area contributed by atoms with Crippen LogP contribution in [0.15, 0.2) is 47.4 Å².